The molecule has 1 aromatic carbocycles. The number of para-hydroxylation sites is 1. The molecule has 7 heteroatoms. The van der Waals surface area contributed by atoms with E-state index >= 15 is 0 Å². The van der Waals surface area contributed by atoms with E-state index in [-0.39, 0.29) is 21.8 Å². The van der Waals surface area contributed by atoms with Gasteiger partial charge in [0.2, 0.25) is 5.88 Å². The van der Waals surface area contributed by atoms with Crippen molar-refractivity contribution in [1.29, 1.82) is 0 Å². The SMILES string of the molecule is C=CCn1c(O)c([C@@H]2NCCc3c2[nH]c2ccccc32)c(=O)[nH]c1=S. The Hall–Kier alpha value is -2.64. The van der Waals surface area contributed by atoms with Crippen LogP contribution in [-0.2, 0) is 13.0 Å². The van der Waals surface area contributed by atoms with Crippen LogP contribution in [0.15, 0.2) is 41.7 Å². The molecule has 0 fully saturated rings. The normalized spacial score (nSPS) is 16.7. The Kier molecular flexibility index (Phi) is 3.82. The number of aromatic amines is 2. The number of fused-ring (bicyclic) bond motifs is 3. The molecule has 6 nitrogen and oxygen atoms in total. The lowest BCUT2D eigenvalue weighted by Crippen LogP contribution is -2.35. The summed E-state index contributed by atoms with van der Waals surface area (Å²) < 4.78 is 1.65. The molecule has 0 radical (unpaired) electrons. The molecule has 128 valence electrons. The number of H-pyrrole nitrogens is 2. The highest BCUT2D eigenvalue weighted by Gasteiger charge is 2.30. The maximum atomic E-state index is 12.6. The van der Waals surface area contributed by atoms with E-state index in [1.165, 1.54) is 10.1 Å². The van der Waals surface area contributed by atoms with Crippen LogP contribution in [0.3, 0.4) is 0 Å². The largest absolute Gasteiger partial charge is 0.494 e. The number of allylic oxidation sites excluding steroid dienone is 1. The highest BCUT2D eigenvalue weighted by atomic mass is 32.1. The average molecular weight is 354 g/mol. The van der Waals surface area contributed by atoms with E-state index in [1.807, 2.05) is 18.2 Å². The fourth-order valence-electron chi connectivity index (χ4n) is 3.56. The van der Waals surface area contributed by atoms with E-state index in [1.54, 1.807) is 6.08 Å². The molecule has 0 saturated carbocycles. The number of nitrogens with zero attached hydrogens (tertiary/aromatic N) is 1. The van der Waals surface area contributed by atoms with Gasteiger partial charge in [0, 0.05) is 29.7 Å². The Bertz CT molecular complexity index is 1090. The first-order valence-electron chi connectivity index (χ1n) is 8.11. The maximum Gasteiger partial charge on any atom is 0.260 e. The van der Waals surface area contributed by atoms with Crippen molar-refractivity contribution in [2.45, 2.75) is 19.0 Å². The predicted molar refractivity (Wildman–Crippen MR) is 99.6 cm³/mol. The molecule has 0 spiro atoms. The molecule has 0 saturated heterocycles. The van der Waals surface area contributed by atoms with Crippen molar-refractivity contribution in [3.8, 4) is 5.88 Å². The summed E-state index contributed by atoms with van der Waals surface area (Å²) in [6.07, 6.45) is 2.49. The molecule has 25 heavy (non-hydrogen) atoms. The van der Waals surface area contributed by atoms with E-state index in [4.69, 9.17) is 12.2 Å². The standard InChI is InChI=1S/C18H18N4O2S/c1-2-9-22-17(24)13(16(23)21-18(22)25)15-14-11(7-8-19-15)10-5-3-4-6-12(10)20-14/h2-6,15,19-20,24H,1,7-9H2,(H,21,23,25)/t15-/m0/s1. The lowest BCUT2D eigenvalue weighted by Gasteiger charge is -2.25. The number of hydrogen-bond acceptors (Lipinski definition) is 4. The van der Waals surface area contributed by atoms with Crippen LogP contribution in [0.5, 0.6) is 5.88 Å². The van der Waals surface area contributed by atoms with Gasteiger partial charge >= 0.3 is 0 Å². The topological polar surface area (TPSA) is 85.8 Å². The Morgan fingerprint density at radius 3 is 2.96 bits per heavy atom. The number of nitrogens with one attached hydrogen (secondary N) is 3. The van der Waals surface area contributed by atoms with E-state index in [0.717, 1.165) is 29.6 Å². The Morgan fingerprint density at radius 2 is 2.16 bits per heavy atom. The number of aromatic hydroxyl groups is 1. The third-order valence-electron chi connectivity index (χ3n) is 4.67. The van der Waals surface area contributed by atoms with Gasteiger partial charge in [0.05, 0.1) is 6.04 Å². The van der Waals surface area contributed by atoms with Crippen LogP contribution in [0.1, 0.15) is 22.9 Å². The zero-order valence-corrected chi connectivity index (χ0v) is 14.3. The van der Waals surface area contributed by atoms with Crippen LogP contribution < -0.4 is 10.9 Å². The Labute approximate surface area is 148 Å². The molecule has 0 amide bonds. The zero-order chi connectivity index (χ0) is 17.6. The van der Waals surface area contributed by atoms with Gasteiger partial charge in [-0.05, 0) is 30.3 Å². The Morgan fingerprint density at radius 1 is 1.36 bits per heavy atom. The van der Waals surface area contributed by atoms with E-state index < -0.39 is 6.04 Å². The van der Waals surface area contributed by atoms with Crippen LogP contribution in [0, 0.1) is 4.77 Å². The van der Waals surface area contributed by atoms with Crippen LogP contribution in [-0.4, -0.2) is 26.2 Å². The lowest BCUT2D eigenvalue weighted by atomic mass is 9.95. The van der Waals surface area contributed by atoms with Crippen molar-refractivity contribution in [2.75, 3.05) is 6.54 Å². The average Bonchev–Trinajstić information content (AvgIpc) is 2.98. The first-order chi connectivity index (χ1) is 12.1. The molecule has 1 aliphatic rings. The van der Waals surface area contributed by atoms with Gasteiger partial charge in [-0.25, -0.2) is 0 Å². The maximum absolute atomic E-state index is 12.6. The summed E-state index contributed by atoms with van der Waals surface area (Å²) in [5.41, 5.74) is 3.00. The highest BCUT2D eigenvalue weighted by molar-refractivity contribution is 7.71. The molecule has 4 rings (SSSR count). The van der Waals surface area contributed by atoms with E-state index in [9.17, 15) is 9.90 Å². The molecule has 2 aromatic heterocycles. The van der Waals surface area contributed by atoms with Crippen molar-refractivity contribution >= 4 is 23.1 Å². The highest BCUT2D eigenvalue weighted by Crippen LogP contribution is 2.34. The van der Waals surface area contributed by atoms with Crippen molar-refractivity contribution in [3.63, 3.8) is 0 Å². The molecule has 0 aliphatic carbocycles. The fourth-order valence-corrected chi connectivity index (χ4v) is 3.81. The van der Waals surface area contributed by atoms with Gasteiger partial charge < -0.3 is 15.4 Å². The van der Waals surface area contributed by atoms with E-state index in [0.29, 0.717) is 6.54 Å². The number of benzene rings is 1. The molecular weight excluding hydrogens is 336 g/mol. The second-order valence-corrected chi connectivity index (χ2v) is 6.48. The summed E-state index contributed by atoms with van der Waals surface area (Å²) in [6, 6.07) is 7.63. The first-order valence-corrected chi connectivity index (χ1v) is 8.52. The van der Waals surface area contributed by atoms with Crippen LogP contribution in [0.2, 0.25) is 0 Å². The minimum atomic E-state index is -0.424. The van der Waals surface area contributed by atoms with Gasteiger partial charge in [-0.15, -0.1) is 6.58 Å². The number of hydrogen-bond donors (Lipinski definition) is 4. The molecule has 3 heterocycles. The summed E-state index contributed by atoms with van der Waals surface area (Å²) in [7, 11) is 0. The van der Waals surface area contributed by atoms with Gasteiger partial charge in [0.15, 0.2) is 4.77 Å². The van der Waals surface area contributed by atoms with E-state index in [2.05, 4.69) is 27.9 Å². The molecule has 0 unspecified atom stereocenters. The second kappa shape index (κ2) is 6.02. The minimum Gasteiger partial charge on any atom is -0.494 e. The Balaban J connectivity index is 1.96. The fraction of sp³-hybridized carbons (Fsp3) is 0.222. The minimum absolute atomic E-state index is 0.127. The van der Waals surface area contributed by atoms with Crippen molar-refractivity contribution in [3.05, 3.63) is 68.9 Å². The lowest BCUT2D eigenvalue weighted by molar-refractivity contribution is 0.394. The second-order valence-electron chi connectivity index (χ2n) is 6.10. The third kappa shape index (κ3) is 2.43. The third-order valence-corrected chi connectivity index (χ3v) is 4.99. The summed E-state index contributed by atoms with van der Waals surface area (Å²) in [5, 5.41) is 15.2. The number of aromatic nitrogens is 3. The van der Waals surface area contributed by atoms with Crippen molar-refractivity contribution in [1.82, 2.24) is 19.9 Å². The molecule has 3 aromatic rings. The van der Waals surface area contributed by atoms with Crippen LogP contribution in [0.25, 0.3) is 10.9 Å². The molecule has 0 bridgehead atoms. The summed E-state index contributed by atoms with van der Waals surface area (Å²) >= 11 is 5.16. The van der Waals surface area contributed by atoms with Crippen LogP contribution >= 0.6 is 12.2 Å². The number of rotatable bonds is 3. The summed E-state index contributed by atoms with van der Waals surface area (Å²) in [6.45, 7) is 4.71. The van der Waals surface area contributed by atoms with Crippen molar-refractivity contribution in [2.24, 2.45) is 0 Å². The smallest absolute Gasteiger partial charge is 0.260 e. The van der Waals surface area contributed by atoms with Gasteiger partial charge in [-0.1, -0.05) is 24.3 Å². The van der Waals surface area contributed by atoms with Gasteiger partial charge in [0.25, 0.3) is 5.56 Å². The molecular formula is C18H18N4O2S. The summed E-state index contributed by atoms with van der Waals surface area (Å²) in [5.74, 6) is -0.127. The van der Waals surface area contributed by atoms with Crippen molar-refractivity contribution < 1.29 is 5.11 Å². The first kappa shape index (κ1) is 15.9. The molecule has 4 N–H and O–H groups in total. The molecule has 1 atom stereocenters. The monoisotopic (exact) mass is 354 g/mol. The quantitative estimate of drug-likeness (QED) is 0.430. The van der Waals surface area contributed by atoms with Gasteiger partial charge in [-0.3, -0.25) is 14.3 Å². The van der Waals surface area contributed by atoms with Crippen LogP contribution in [0.4, 0.5) is 0 Å². The predicted octanol–water partition coefficient (Wildman–Crippen LogP) is 2.51. The zero-order valence-electron chi connectivity index (χ0n) is 13.5. The summed E-state index contributed by atoms with van der Waals surface area (Å²) in [4.78, 5) is 18.6. The molecule has 1 aliphatic heterocycles. The van der Waals surface area contributed by atoms with Gasteiger partial charge in [0.1, 0.15) is 5.56 Å². The van der Waals surface area contributed by atoms with Gasteiger partial charge in [-0.2, -0.15) is 0 Å².